The normalized spacial score (nSPS) is 19.2. The van der Waals surface area contributed by atoms with Gasteiger partial charge in [-0.25, -0.2) is 17.2 Å². The first-order chi connectivity index (χ1) is 11.8. The third-order valence-corrected chi connectivity index (χ3v) is 6.37. The van der Waals surface area contributed by atoms with Gasteiger partial charge in [-0.05, 0) is 38.1 Å². The van der Waals surface area contributed by atoms with Crippen LogP contribution >= 0.6 is 0 Å². The van der Waals surface area contributed by atoms with E-state index in [1.54, 1.807) is 0 Å². The maximum Gasteiger partial charge on any atom is 0.246 e. The fourth-order valence-electron chi connectivity index (χ4n) is 3.09. The van der Waals surface area contributed by atoms with Crippen LogP contribution in [0, 0.1) is 18.6 Å². The van der Waals surface area contributed by atoms with Gasteiger partial charge in [0.1, 0.15) is 16.5 Å². The first-order valence-electron chi connectivity index (χ1n) is 8.07. The predicted molar refractivity (Wildman–Crippen MR) is 93.1 cm³/mol. The van der Waals surface area contributed by atoms with Crippen LogP contribution in [0.1, 0.15) is 12.5 Å². The van der Waals surface area contributed by atoms with Gasteiger partial charge < -0.3 is 4.90 Å². The summed E-state index contributed by atoms with van der Waals surface area (Å²) in [4.78, 5) is 1.65. The summed E-state index contributed by atoms with van der Waals surface area (Å²) in [6, 6.07) is 10.5. The van der Waals surface area contributed by atoms with Gasteiger partial charge in [-0.15, -0.1) is 0 Å². The number of hydrogen-bond donors (Lipinski definition) is 0. The van der Waals surface area contributed by atoms with Gasteiger partial charge >= 0.3 is 0 Å². The van der Waals surface area contributed by atoms with E-state index in [9.17, 15) is 17.2 Å². The number of halogens is 2. The lowest BCUT2D eigenvalue weighted by Crippen LogP contribution is -2.53. The quantitative estimate of drug-likeness (QED) is 0.838. The summed E-state index contributed by atoms with van der Waals surface area (Å²) in [6.07, 6.45) is 0. The Kier molecular flexibility index (Phi) is 4.79. The summed E-state index contributed by atoms with van der Waals surface area (Å²) in [6.45, 7) is 4.94. The summed E-state index contributed by atoms with van der Waals surface area (Å²) in [5.41, 5.74) is 2.19. The van der Waals surface area contributed by atoms with E-state index in [4.69, 9.17) is 0 Å². The van der Waals surface area contributed by atoms with Gasteiger partial charge in [0.2, 0.25) is 10.0 Å². The highest BCUT2D eigenvalue weighted by Crippen LogP contribution is 2.26. The van der Waals surface area contributed by atoms with E-state index in [1.165, 1.54) is 4.31 Å². The van der Waals surface area contributed by atoms with E-state index in [0.717, 1.165) is 23.4 Å². The number of nitrogens with zero attached hydrogens (tertiary/aromatic N) is 2. The molecule has 1 atom stereocenters. The van der Waals surface area contributed by atoms with E-state index in [-0.39, 0.29) is 19.1 Å². The van der Waals surface area contributed by atoms with Crippen LogP contribution in [0.25, 0.3) is 0 Å². The van der Waals surface area contributed by atoms with Gasteiger partial charge in [0, 0.05) is 37.4 Å². The number of piperazine rings is 1. The predicted octanol–water partition coefficient (Wildman–Crippen LogP) is 3.17. The molecular formula is C18H20F2N2O2S. The molecule has 1 aliphatic heterocycles. The molecule has 2 aromatic carbocycles. The molecule has 0 bridgehead atoms. The Labute approximate surface area is 146 Å². The molecule has 0 saturated carbocycles. The second-order valence-electron chi connectivity index (χ2n) is 6.32. The molecule has 4 nitrogen and oxygen atoms in total. The fourth-order valence-corrected chi connectivity index (χ4v) is 4.64. The molecule has 0 N–H and O–H groups in total. The zero-order valence-electron chi connectivity index (χ0n) is 14.1. The average molecular weight is 366 g/mol. The van der Waals surface area contributed by atoms with Gasteiger partial charge in [0.05, 0.1) is 0 Å². The molecule has 2 aromatic rings. The summed E-state index contributed by atoms with van der Waals surface area (Å²) in [5, 5.41) is 0. The van der Waals surface area contributed by atoms with Crippen molar-refractivity contribution < 1.29 is 17.2 Å². The van der Waals surface area contributed by atoms with Crippen molar-refractivity contribution in [1.29, 1.82) is 0 Å². The Balaban J connectivity index is 1.81. The first kappa shape index (κ1) is 17.8. The number of anilines is 1. The zero-order chi connectivity index (χ0) is 18.2. The van der Waals surface area contributed by atoms with Crippen molar-refractivity contribution in [3.8, 4) is 0 Å². The second-order valence-corrected chi connectivity index (χ2v) is 8.22. The van der Waals surface area contributed by atoms with Crippen LogP contribution in [0.15, 0.2) is 47.4 Å². The van der Waals surface area contributed by atoms with Crippen LogP contribution in [0.2, 0.25) is 0 Å². The molecule has 0 spiro atoms. The molecule has 0 aliphatic carbocycles. The van der Waals surface area contributed by atoms with Gasteiger partial charge in [-0.1, -0.05) is 17.7 Å². The number of sulfonamides is 1. The maximum absolute atomic E-state index is 13.9. The standard InChI is InChI=1S/C18H20F2N2O2S/c1-13-3-6-16(7-4-13)22-10-9-21(12-14(22)2)25(23,24)18-8-5-15(19)11-17(18)20/h3-8,11,14H,9-10,12H2,1-2H3/t14-/m0/s1. The average Bonchev–Trinajstić information content (AvgIpc) is 2.55. The van der Waals surface area contributed by atoms with E-state index < -0.39 is 26.6 Å². The van der Waals surface area contributed by atoms with Crippen LogP contribution in [0.5, 0.6) is 0 Å². The van der Waals surface area contributed by atoms with Gasteiger partial charge in [0.25, 0.3) is 0 Å². The minimum atomic E-state index is -3.99. The van der Waals surface area contributed by atoms with E-state index in [2.05, 4.69) is 4.90 Å². The molecule has 1 heterocycles. The molecule has 0 aromatic heterocycles. The van der Waals surface area contributed by atoms with Crippen LogP contribution < -0.4 is 4.90 Å². The zero-order valence-corrected chi connectivity index (χ0v) is 14.9. The lowest BCUT2D eigenvalue weighted by Gasteiger charge is -2.40. The molecule has 0 radical (unpaired) electrons. The molecule has 0 amide bonds. The van der Waals surface area contributed by atoms with Crippen molar-refractivity contribution in [3.63, 3.8) is 0 Å². The maximum atomic E-state index is 13.9. The van der Waals surface area contributed by atoms with Crippen molar-refractivity contribution in [2.45, 2.75) is 24.8 Å². The minimum Gasteiger partial charge on any atom is -0.366 e. The van der Waals surface area contributed by atoms with Crippen LogP contribution in [0.4, 0.5) is 14.5 Å². The van der Waals surface area contributed by atoms with Crippen molar-refractivity contribution in [1.82, 2.24) is 4.31 Å². The number of benzene rings is 2. The number of rotatable bonds is 3. The fraction of sp³-hybridized carbons (Fsp3) is 0.333. The van der Waals surface area contributed by atoms with Crippen molar-refractivity contribution in [2.24, 2.45) is 0 Å². The van der Waals surface area contributed by atoms with Crippen LogP contribution in [0.3, 0.4) is 0 Å². The van der Waals surface area contributed by atoms with Crippen LogP contribution in [-0.4, -0.2) is 38.4 Å². The molecule has 134 valence electrons. The Morgan fingerprint density at radius 1 is 1.04 bits per heavy atom. The summed E-state index contributed by atoms with van der Waals surface area (Å²) < 4.78 is 53.6. The van der Waals surface area contributed by atoms with Crippen molar-refractivity contribution in [2.75, 3.05) is 24.5 Å². The Morgan fingerprint density at radius 2 is 1.72 bits per heavy atom. The van der Waals surface area contributed by atoms with Crippen LogP contribution in [-0.2, 0) is 10.0 Å². The first-order valence-corrected chi connectivity index (χ1v) is 9.51. The third kappa shape index (κ3) is 3.52. The third-order valence-electron chi connectivity index (χ3n) is 4.47. The second kappa shape index (κ2) is 6.72. The highest BCUT2D eigenvalue weighted by atomic mass is 32.2. The molecule has 0 unspecified atom stereocenters. The summed E-state index contributed by atoms with van der Waals surface area (Å²) in [7, 11) is -3.99. The lowest BCUT2D eigenvalue weighted by molar-refractivity contribution is 0.341. The smallest absolute Gasteiger partial charge is 0.246 e. The summed E-state index contributed by atoms with van der Waals surface area (Å²) >= 11 is 0. The van der Waals surface area contributed by atoms with E-state index in [1.807, 2.05) is 38.1 Å². The highest BCUT2D eigenvalue weighted by Gasteiger charge is 2.34. The number of hydrogen-bond acceptors (Lipinski definition) is 3. The van der Waals surface area contributed by atoms with Crippen molar-refractivity contribution in [3.05, 3.63) is 59.7 Å². The lowest BCUT2D eigenvalue weighted by atomic mass is 10.1. The van der Waals surface area contributed by atoms with Gasteiger partial charge in [-0.2, -0.15) is 4.31 Å². The van der Waals surface area contributed by atoms with Gasteiger partial charge in [0.15, 0.2) is 0 Å². The molecule has 1 fully saturated rings. The largest absolute Gasteiger partial charge is 0.366 e. The van der Waals surface area contributed by atoms with E-state index in [0.29, 0.717) is 12.6 Å². The highest BCUT2D eigenvalue weighted by molar-refractivity contribution is 7.89. The number of aryl methyl sites for hydroxylation is 1. The summed E-state index contributed by atoms with van der Waals surface area (Å²) in [5.74, 6) is -1.86. The molecule has 1 aliphatic rings. The molecular weight excluding hydrogens is 346 g/mol. The Hall–Kier alpha value is -1.99. The Morgan fingerprint density at radius 3 is 2.32 bits per heavy atom. The minimum absolute atomic E-state index is 0.0604. The van der Waals surface area contributed by atoms with Gasteiger partial charge in [-0.3, -0.25) is 0 Å². The van der Waals surface area contributed by atoms with E-state index >= 15 is 0 Å². The topological polar surface area (TPSA) is 40.6 Å². The monoisotopic (exact) mass is 366 g/mol. The van der Waals surface area contributed by atoms with Crippen molar-refractivity contribution >= 4 is 15.7 Å². The molecule has 7 heteroatoms. The Bertz CT molecular complexity index is 869. The molecule has 3 rings (SSSR count). The SMILES string of the molecule is Cc1ccc(N2CCN(S(=O)(=O)c3ccc(F)cc3F)C[C@@H]2C)cc1. The molecule has 1 saturated heterocycles. The molecule has 25 heavy (non-hydrogen) atoms.